The number of nitrogens with zero attached hydrogens (tertiary/aromatic N) is 1. The van der Waals surface area contributed by atoms with Crippen molar-refractivity contribution in [1.82, 2.24) is 0 Å². The molecule has 0 heterocycles. The molecule has 0 amide bonds. The molecule has 0 N–H and O–H groups in total. The first-order valence-electron chi connectivity index (χ1n) is 8.63. The molecule has 5 aliphatic rings. The first kappa shape index (κ1) is 12.9. The maximum absolute atomic E-state index is 5.69. The third-order valence-electron chi connectivity index (χ3n) is 6.69. The minimum Gasteiger partial charge on any atom is -0.297 e. The second-order valence-corrected chi connectivity index (χ2v) is 12.5. The van der Waals surface area contributed by atoms with Gasteiger partial charge in [0.05, 0.1) is 5.54 Å². The van der Waals surface area contributed by atoms with Crippen LogP contribution in [0.2, 0.25) is 0 Å². The zero-order valence-corrected chi connectivity index (χ0v) is 13.7. The molecule has 1 nitrogen and oxygen atoms in total. The van der Waals surface area contributed by atoms with Crippen LogP contribution < -0.4 is 0 Å². The van der Waals surface area contributed by atoms with Gasteiger partial charge in [-0.2, -0.15) is 0 Å². The summed E-state index contributed by atoms with van der Waals surface area (Å²) in [5.74, 6) is 3.16. The molecule has 5 fully saturated rings. The van der Waals surface area contributed by atoms with E-state index in [1.54, 1.807) is 19.3 Å². The van der Waals surface area contributed by atoms with Gasteiger partial charge in [0.1, 0.15) is 0 Å². The van der Waals surface area contributed by atoms with E-state index in [-0.39, 0.29) is 0 Å². The van der Waals surface area contributed by atoms with Gasteiger partial charge in [-0.15, -0.1) is 0 Å². The Morgan fingerprint density at radius 3 is 1.79 bits per heavy atom. The van der Waals surface area contributed by atoms with Gasteiger partial charge in [0.25, 0.3) is 0 Å². The van der Waals surface area contributed by atoms with Crippen molar-refractivity contribution in [2.45, 2.75) is 75.4 Å². The maximum Gasteiger partial charge on any atom is 0.0601 e. The predicted octanol–water partition coefficient (Wildman–Crippen LogP) is 5.36. The summed E-state index contributed by atoms with van der Waals surface area (Å²) in [7, 11) is -1.01. The highest BCUT2D eigenvalue weighted by molar-refractivity contribution is 7.65. The van der Waals surface area contributed by atoms with E-state index in [1.807, 2.05) is 0 Å². The molecular weight excluding hydrogens is 249 g/mol. The molecule has 0 spiro atoms. The van der Waals surface area contributed by atoms with E-state index in [9.17, 15) is 0 Å². The molecule has 0 aromatic carbocycles. The number of hydrogen-bond acceptors (Lipinski definition) is 1. The lowest BCUT2D eigenvalue weighted by atomic mass is 9.53. The normalized spacial score (nSPS) is 45.9. The highest BCUT2D eigenvalue weighted by Gasteiger charge is 2.51. The summed E-state index contributed by atoms with van der Waals surface area (Å²) in [6.07, 6.45) is 15.0. The molecule has 0 radical (unpaired) electrons. The van der Waals surface area contributed by atoms with Crippen molar-refractivity contribution in [3.63, 3.8) is 0 Å². The van der Waals surface area contributed by atoms with Gasteiger partial charge in [-0.25, -0.2) is 0 Å². The lowest BCUT2D eigenvalue weighted by molar-refractivity contribution is 0.00243. The maximum atomic E-state index is 5.69. The second kappa shape index (κ2) is 4.36. The summed E-state index contributed by atoms with van der Waals surface area (Å²) in [4.78, 5) is 0. The van der Waals surface area contributed by atoms with E-state index in [0.29, 0.717) is 5.54 Å². The molecule has 5 rings (SSSR count). The molecule has 108 valence electrons. The molecule has 0 aromatic heterocycles. The zero-order valence-electron chi connectivity index (χ0n) is 12.8. The second-order valence-electron chi connectivity index (χ2n) is 8.66. The van der Waals surface area contributed by atoms with E-state index < -0.39 is 7.05 Å². The molecule has 0 atom stereocenters. The fraction of sp³-hybridized carbons (Fsp3) is 1.00. The zero-order chi connectivity index (χ0) is 13.1. The largest absolute Gasteiger partial charge is 0.297 e. The van der Waals surface area contributed by atoms with Crippen LogP contribution >= 0.6 is 7.05 Å². The third-order valence-corrected chi connectivity index (χ3v) is 9.94. The van der Waals surface area contributed by atoms with Crippen LogP contribution in [0.15, 0.2) is 4.74 Å². The van der Waals surface area contributed by atoms with E-state index in [1.165, 1.54) is 44.9 Å². The van der Waals surface area contributed by atoms with Crippen molar-refractivity contribution < 1.29 is 0 Å². The highest BCUT2D eigenvalue weighted by atomic mass is 31.2. The van der Waals surface area contributed by atoms with Crippen LogP contribution in [0.1, 0.15) is 64.2 Å². The minimum atomic E-state index is -1.01. The highest BCUT2D eigenvalue weighted by Crippen LogP contribution is 2.62. The molecule has 0 saturated heterocycles. The molecule has 2 heteroatoms. The van der Waals surface area contributed by atoms with Gasteiger partial charge < -0.3 is 0 Å². The van der Waals surface area contributed by atoms with Crippen molar-refractivity contribution in [3.8, 4) is 0 Å². The van der Waals surface area contributed by atoms with Gasteiger partial charge in [-0.05, 0) is 95.2 Å². The summed E-state index contributed by atoms with van der Waals surface area (Å²) < 4.78 is 5.69. The van der Waals surface area contributed by atoms with E-state index in [4.69, 9.17) is 4.74 Å². The topological polar surface area (TPSA) is 12.4 Å². The summed E-state index contributed by atoms with van der Waals surface area (Å²) >= 11 is 0. The Kier molecular flexibility index (Phi) is 2.97. The Labute approximate surface area is 119 Å². The Balaban J connectivity index is 1.64. The summed E-state index contributed by atoms with van der Waals surface area (Å²) in [5, 5.41) is 0. The van der Waals surface area contributed by atoms with Crippen LogP contribution in [0.3, 0.4) is 0 Å². The van der Waals surface area contributed by atoms with Crippen molar-refractivity contribution in [2.75, 3.05) is 13.3 Å². The molecule has 0 aliphatic heterocycles. The van der Waals surface area contributed by atoms with Crippen LogP contribution in [0.25, 0.3) is 0 Å². The fourth-order valence-corrected chi connectivity index (χ4v) is 9.48. The van der Waals surface area contributed by atoms with Crippen LogP contribution in [-0.4, -0.2) is 24.5 Å². The average molecular weight is 279 g/mol. The Bertz CT molecular complexity index is 378. The quantitative estimate of drug-likeness (QED) is 0.603. The first-order valence-corrected chi connectivity index (χ1v) is 11.3. The standard InChI is InChI=1S/C17H30NP/c1-19(2,16-5-3-4-6-16)18-17-10-13-7-14(11-17)9-15(8-13)12-17/h13-16H,3-12H2,1-2H3. The Morgan fingerprint density at radius 2 is 1.32 bits per heavy atom. The Hall–Kier alpha value is 0.230. The summed E-state index contributed by atoms with van der Waals surface area (Å²) in [6.45, 7) is 5.11. The van der Waals surface area contributed by atoms with Gasteiger partial charge in [0.2, 0.25) is 0 Å². The Morgan fingerprint density at radius 1 is 0.842 bits per heavy atom. The predicted molar refractivity (Wildman–Crippen MR) is 84.4 cm³/mol. The van der Waals surface area contributed by atoms with Crippen molar-refractivity contribution in [2.24, 2.45) is 22.5 Å². The molecule has 0 aromatic rings. The van der Waals surface area contributed by atoms with Crippen LogP contribution in [0, 0.1) is 17.8 Å². The molecule has 0 unspecified atom stereocenters. The SMILES string of the molecule is CP(C)(=NC12CC3CC(CC(C3)C1)C2)C1CCCC1. The van der Waals surface area contributed by atoms with Gasteiger partial charge in [-0.3, -0.25) is 4.74 Å². The minimum absolute atomic E-state index is 0.467. The van der Waals surface area contributed by atoms with Crippen molar-refractivity contribution in [3.05, 3.63) is 0 Å². The van der Waals surface area contributed by atoms with Gasteiger partial charge in [0, 0.05) is 0 Å². The third kappa shape index (κ3) is 2.25. The number of hydrogen-bond donors (Lipinski definition) is 0. The van der Waals surface area contributed by atoms with E-state index in [2.05, 4.69) is 13.3 Å². The van der Waals surface area contributed by atoms with Gasteiger partial charge in [-0.1, -0.05) is 12.8 Å². The van der Waals surface area contributed by atoms with Crippen molar-refractivity contribution in [1.29, 1.82) is 0 Å². The van der Waals surface area contributed by atoms with E-state index >= 15 is 0 Å². The summed E-state index contributed by atoms with van der Waals surface area (Å²) in [5.41, 5.74) is 1.45. The lowest BCUT2D eigenvalue weighted by Gasteiger charge is -2.56. The molecule has 5 aliphatic carbocycles. The van der Waals surface area contributed by atoms with Gasteiger partial charge in [0.15, 0.2) is 0 Å². The molecule has 4 bridgehead atoms. The van der Waals surface area contributed by atoms with Crippen LogP contribution in [0.4, 0.5) is 0 Å². The number of rotatable bonds is 2. The molecule has 5 saturated carbocycles. The van der Waals surface area contributed by atoms with Crippen molar-refractivity contribution >= 4 is 7.05 Å². The lowest BCUT2D eigenvalue weighted by Crippen LogP contribution is -2.49. The van der Waals surface area contributed by atoms with Gasteiger partial charge >= 0.3 is 0 Å². The first-order chi connectivity index (χ1) is 9.05. The molecular formula is C17H30NP. The smallest absolute Gasteiger partial charge is 0.0601 e. The van der Waals surface area contributed by atoms with Crippen LogP contribution in [0.5, 0.6) is 0 Å². The fourth-order valence-electron chi connectivity index (χ4n) is 6.35. The van der Waals surface area contributed by atoms with E-state index in [0.717, 1.165) is 23.4 Å². The van der Waals surface area contributed by atoms with Crippen LogP contribution in [-0.2, 0) is 0 Å². The molecule has 19 heavy (non-hydrogen) atoms. The summed E-state index contributed by atoms with van der Waals surface area (Å²) in [6, 6.07) is 0. The monoisotopic (exact) mass is 279 g/mol. The average Bonchev–Trinajstić information content (AvgIpc) is 2.78.